The minimum absolute atomic E-state index is 0.154. The fraction of sp³-hybridized carbons (Fsp3) is 0.611. The van der Waals surface area contributed by atoms with E-state index >= 15 is 0 Å². The van der Waals surface area contributed by atoms with Crippen molar-refractivity contribution in [3.8, 4) is 0 Å². The van der Waals surface area contributed by atoms with E-state index in [1.165, 1.54) is 0 Å². The standard InChI is InChI=1S/C18H24I2O10/c1-6-2-7(11(20)8(19)3-6)5-29-18(28)30-17-10(22)4-9(21)12(23)13(24)14(25)15(26)16(17)27/h2-3,9-10,12-17,21-27H,4-5H2,1H3. The topological polar surface area (TPSA) is 177 Å². The average Bonchev–Trinajstić information content (AvgIpc) is 2.71. The Morgan fingerprint density at radius 2 is 1.50 bits per heavy atom. The molecule has 0 aromatic heterocycles. The molecule has 12 heteroatoms. The van der Waals surface area contributed by atoms with Gasteiger partial charge >= 0.3 is 6.16 Å². The van der Waals surface area contributed by atoms with Gasteiger partial charge in [-0.15, -0.1) is 0 Å². The maximum Gasteiger partial charge on any atom is 0.509 e. The third-order valence-electron chi connectivity index (χ3n) is 4.82. The van der Waals surface area contributed by atoms with E-state index in [2.05, 4.69) is 45.2 Å². The van der Waals surface area contributed by atoms with Crippen molar-refractivity contribution in [1.82, 2.24) is 0 Å². The number of aryl methyl sites for hydroxylation is 1. The second kappa shape index (κ2) is 11.0. The van der Waals surface area contributed by atoms with E-state index in [0.717, 1.165) is 12.7 Å². The number of aliphatic hydroxyl groups is 7. The number of aliphatic hydroxyl groups excluding tert-OH is 7. The highest BCUT2D eigenvalue weighted by molar-refractivity contribution is 14.1. The van der Waals surface area contributed by atoms with Crippen LogP contribution in [0.4, 0.5) is 4.79 Å². The van der Waals surface area contributed by atoms with Crippen LogP contribution in [0.15, 0.2) is 12.1 Å². The molecule has 1 fully saturated rings. The summed E-state index contributed by atoms with van der Waals surface area (Å²) in [5, 5.41) is 70.1. The maximum atomic E-state index is 12.2. The lowest BCUT2D eigenvalue weighted by Gasteiger charge is -2.31. The summed E-state index contributed by atoms with van der Waals surface area (Å²) in [6.45, 7) is 1.73. The van der Waals surface area contributed by atoms with Crippen LogP contribution in [0.5, 0.6) is 0 Å². The lowest BCUT2D eigenvalue weighted by molar-refractivity contribution is -0.165. The second-order valence-corrected chi connectivity index (χ2v) is 9.41. The minimum atomic E-state index is -2.09. The Balaban J connectivity index is 2.13. The first-order chi connectivity index (χ1) is 13.9. The summed E-state index contributed by atoms with van der Waals surface area (Å²) in [6.07, 6.45) is -17.2. The monoisotopic (exact) mass is 654 g/mol. The zero-order valence-corrected chi connectivity index (χ0v) is 20.1. The van der Waals surface area contributed by atoms with Crippen molar-refractivity contribution in [2.45, 2.75) is 68.8 Å². The molecule has 170 valence electrons. The zero-order valence-electron chi connectivity index (χ0n) is 15.8. The minimum Gasteiger partial charge on any atom is -0.429 e. The van der Waals surface area contributed by atoms with E-state index in [9.17, 15) is 40.5 Å². The fourth-order valence-electron chi connectivity index (χ4n) is 3.11. The van der Waals surface area contributed by atoms with Crippen LogP contribution >= 0.6 is 45.2 Å². The molecule has 10 nitrogen and oxygen atoms in total. The molecule has 30 heavy (non-hydrogen) atoms. The molecule has 0 amide bonds. The predicted octanol–water partition coefficient (Wildman–Crippen LogP) is -0.844. The van der Waals surface area contributed by atoms with E-state index in [4.69, 9.17) is 9.47 Å². The van der Waals surface area contributed by atoms with Crippen LogP contribution in [0.25, 0.3) is 0 Å². The van der Waals surface area contributed by atoms with Crippen LogP contribution in [-0.4, -0.2) is 90.7 Å². The fourth-order valence-corrected chi connectivity index (χ4v) is 4.41. The van der Waals surface area contributed by atoms with Gasteiger partial charge < -0.3 is 45.2 Å². The lowest BCUT2D eigenvalue weighted by Crippen LogP contribution is -2.54. The summed E-state index contributed by atoms with van der Waals surface area (Å²) in [6, 6.07) is 3.77. The quantitative estimate of drug-likeness (QED) is 0.161. The number of rotatable bonds is 3. The first-order valence-corrected chi connectivity index (χ1v) is 11.1. The highest BCUT2D eigenvalue weighted by Gasteiger charge is 2.46. The van der Waals surface area contributed by atoms with Gasteiger partial charge in [0.2, 0.25) is 0 Å². The highest BCUT2D eigenvalue weighted by Crippen LogP contribution is 2.25. The number of carbonyl (C=O) groups is 1. The highest BCUT2D eigenvalue weighted by atomic mass is 127. The van der Waals surface area contributed by atoms with Crippen LogP contribution in [0.2, 0.25) is 0 Å². The summed E-state index contributed by atoms with van der Waals surface area (Å²) < 4.78 is 11.8. The number of benzene rings is 1. The van der Waals surface area contributed by atoms with Crippen LogP contribution < -0.4 is 0 Å². The summed E-state index contributed by atoms with van der Waals surface area (Å²) in [5.41, 5.74) is 1.67. The van der Waals surface area contributed by atoms with Crippen LogP contribution in [0.3, 0.4) is 0 Å². The van der Waals surface area contributed by atoms with Gasteiger partial charge in [0.15, 0.2) is 6.10 Å². The molecule has 0 aliphatic heterocycles. The molecule has 1 saturated carbocycles. The zero-order chi connectivity index (χ0) is 22.7. The van der Waals surface area contributed by atoms with E-state index in [1.54, 1.807) is 0 Å². The van der Waals surface area contributed by atoms with Crippen molar-refractivity contribution in [2.75, 3.05) is 0 Å². The van der Waals surface area contributed by atoms with Gasteiger partial charge in [0.05, 0.1) is 12.2 Å². The number of carbonyl (C=O) groups excluding carboxylic acids is 1. The molecule has 0 heterocycles. The summed E-state index contributed by atoms with van der Waals surface area (Å²) in [5.74, 6) is 0. The molecule has 0 saturated heterocycles. The summed E-state index contributed by atoms with van der Waals surface area (Å²) in [7, 11) is 0. The Morgan fingerprint density at radius 3 is 2.13 bits per heavy atom. The van der Waals surface area contributed by atoms with E-state index in [1.807, 2.05) is 19.1 Å². The van der Waals surface area contributed by atoms with E-state index in [0.29, 0.717) is 5.56 Å². The van der Waals surface area contributed by atoms with Gasteiger partial charge in [-0.05, 0) is 63.7 Å². The van der Waals surface area contributed by atoms with Crippen molar-refractivity contribution in [3.63, 3.8) is 0 Å². The van der Waals surface area contributed by atoms with Gasteiger partial charge in [0.25, 0.3) is 0 Å². The molecule has 1 aliphatic rings. The Kier molecular flexibility index (Phi) is 9.51. The lowest BCUT2D eigenvalue weighted by atomic mass is 9.97. The van der Waals surface area contributed by atoms with Gasteiger partial charge in [-0.1, -0.05) is 6.07 Å². The molecule has 7 N–H and O–H groups in total. The molecule has 2 rings (SSSR count). The van der Waals surface area contributed by atoms with Gasteiger partial charge in [0, 0.05) is 19.1 Å². The Labute approximate surface area is 199 Å². The molecule has 8 unspecified atom stereocenters. The predicted molar refractivity (Wildman–Crippen MR) is 118 cm³/mol. The van der Waals surface area contributed by atoms with E-state index in [-0.39, 0.29) is 6.61 Å². The molecule has 1 aromatic carbocycles. The molecule has 1 aliphatic carbocycles. The average molecular weight is 654 g/mol. The third-order valence-corrected chi connectivity index (χ3v) is 7.98. The van der Waals surface area contributed by atoms with Crippen LogP contribution in [0.1, 0.15) is 17.5 Å². The van der Waals surface area contributed by atoms with E-state index < -0.39 is 61.4 Å². The normalized spacial score (nSPS) is 35.1. The molecular formula is C18H24I2O10. The third kappa shape index (κ3) is 6.13. The first-order valence-electron chi connectivity index (χ1n) is 8.98. The number of halogens is 2. The van der Waals surface area contributed by atoms with Gasteiger partial charge in [-0.25, -0.2) is 4.79 Å². The summed E-state index contributed by atoms with van der Waals surface area (Å²) in [4.78, 5) is 12.2. The van der Waals surface area contributed by atoms with Gasteiger partial charge in [-0.3, -0.25) is 0 Å². The van der Waals surface area contributed by atoms with Crippen molar-refractivity contribution >= 4 is 51.3 Å². The maximum absolute atomic E-state index is 12.2. The first kappa shape index (κ1) is 25.9. The van der Waals surface area contributed by atoms with Crippen LogP contribution in [0, 0.1) is 14.1 Å². The largest absolute Gasteiger partial charge is 0.509 e. The molecule has 0 spiro atoms. The summed E-state index contributed by atoms with van der Waals surface area (Å²) >= 11 is 4.24. The van der Waals surface area contributed by atoms with Gasteiger partial charge in [0.1, 0.15) is 37.1 Å². The smallest absolute Gasteiger partial charge is 0.429 e. The number of ether oxygens (including phenoxy) is 2. The molecule has 0 bridgehead atoms. The van der Waals surface area contributed by atoms with Crippen molar-refractivity contribution < 1.29 is 50.0 Å². The Bertz CT molecular complexity index is 748. The van der Waals surface area contributed by atoms with Crippen molar-refractivity contribution in [2.24, 2.45) is 0 Å². The Hall–Kier alpha value is -0.330. The number of hydrogen-bond acceptors (Lipinski definition) is 10. The van der Waals surface area contributed by atoms with Gasteiger partial charge in [-0.2, -0.15) is 0 Å². The number of hydrogen-bond donors (Lipinski definition) is 7. The van der Waals surface area contributed by atoms with Crippen LogP contribution in [-0.2, 0) is 16.1 Å². The SMILES string of the molecule is Cc1cc(I)c(I)c(COC(=O)OC2C(O)CC(O)C(O)C(O)C(O)C(O)C2O)c1. The van der Waals surface area contributed by atoms with Crippen molar-refractivity contribution in [1.29, 1.82) is 0 Å². The van der Waals surface area contributed by atoms with Crippen molar-refractivity contribution in [3.05, 3.63) is 30.4 Å². The Morgan fingerprint density at radius 1 is 0.933 bits per heavy atom. The second-order valence-electron chi connectivity index (χ2n) is 7.16. The molecule has 1 aromatic rings. The molecular weight excluding hydrogens is 630 g/mol. The molecule has 0 radical (unpaired) electrons. The molecule has 8 atom stereocenters.